The molecule has 34 heavy (non-hydrogen) atoms. The van der Waals surface area contributed by atoms with Gasteiger partial charge in [-0.2, -0.15) is 4.31 Å². The van der Waals surface area contributed by atoms with E-state index in [1.165, 1.54) is 16.4 Å². The van der Waals surface area contributed by atoms with Crippen molar-refractivity contribution in [2.24, 2.45) is 0 Å². The number of carbonyl (C=O) groups excluding carboxylic acids is 1. The summed E-state index contributed by atoms with van der Waals surface area (Å²) >= 11 is 0. The van der Waals surface area contributed by atoms with E-state index in [-0.39, 0.29) is 29.6 Å². The first-order chi connectivity index (χ1) is 16.1. The normalized spacial score (nSPS) is 19.1. The first kappa shape index (κ1) is 26.0. The summed E-state index contributed by atoms with van der Waals surface area (Å²) in [6, 6.07) is 11.9. The number of methoxy groups -OCH3 is 2. The van der Waals surface area contributed by atoms with Crippen LogP contribution in [-0.2, 0) is 26.1 Å². The van der Waals surface area contributed by atoms with Crippen LogP contribution in [0.15, 0.2) is 47.4 Å². The van der Waals surface area contributed by atoms with Crippen LogP contribution in [0.4, 0.5) is 5.69 Å². The lowest BCUT2D eigenvalue weighted by Gasteiger charge is -2.34. The number of nitrogens with zero attached hydrogens (tertiary/aromatic N) is 2. The molecule has 0 bridgehead atoms. The summed E-state index contributed by atoms with van der Waals surface area (Å²) in [5.74, 6) is 1.08. The monoisotopic (exact) mass is 491 g/mol. The molecule has 0 spiro atoms. The third kappa shape index (κ3) is 6.47. The lowest BCUT2D eigenvalue weighted by Crippen LogP contribution is -2.48. The molecule has 1 saturated heterocycles. The molecule has 0 radical (unpaired) electrons. The van der Waals surface area contributed by atoms with E-state index >= 15 is 0 Å². The molecule has 186 valence electrons. The van der Waals surface area contributed by atoms with Crippen LogP contribution in [0.2, 0.25) is 0 Å². The molecular formula is C24H33N3O6S. The zero-order valence-corrected chi connectivity index (χ0v) is 21.1. The van der Waals surface area contributed by atoms with E-state index in [4.69, 9.17) is 14.2 Å². The van der Waals surface area contributed by atoms with Gasteiger partial charge in [0, 0.05) is 25.3 Å². The van der Waals surface area contributed by atoms with Gasteiger partial charge in [-0.3, -0.25) is 9.69 Å². The van der Waals surface area contributed by atoms with Crippen molar-refractivity contribution in [2.45, 2.75) is 37.5 Å². The van der Waals surface area contributed by atoms with Crippen LogP contribution in [0.25, 0.3) is 0 Å². The number of sulfonamides is 1. The van der Waals surface area contributed by atoms with E-state index < -0.39 is 10.0 Å². The van der Waals surface area contributed by atoms with Gasteiger partial charge in [0.05, 0.1) is 37.9 Å². The number of benzene rings is 2. The van der Waals surface area contributed by atoms with Gasteiger partial charge in [-0.25, -0.2) is 8.42 Å². The van der Waals surface area contributed by atoms with Crippen LogP contribution >= 0.6 is 0 Å². The number of amides is 1. The lowest BCUT2D eigenvalue weighted by molar-refractivity contribution is -0.117. The second-order valence-corrected chi connectivity index (χ2v) is 10.5. The summed E-state index contributed by atoms with van der Waals surface area (Å²) in [6.45, 7) is 5.06. The number of hydrogen-bond acceptors (Lipinski definition) is 7. The molecule has 0 saturated carbocycles. The summed E-state index contributed by atoms with van der Waals surface area (Å²) in [5, 5.41) is 2.82. The van der Waals surface area contributed by atoms with Crippen molar-refractivity contribution >= 4 is 21.6 Å². The second kappa shape index (κ2) is 11.2. The Morgan fingerprint density at radius 3 is 2.26 bits per heavy atom. The van der Waals surface area contributed by atoms with Crippen LogP contribution in [-0.4, -0.2) is 76.6 Å². The minimum atomic E-state index is -3.62. The zero-order chi connectivity index (χ0) is 24.9. The van der Waals surface area contributed by atoms with E-state index in [9.17, 15) is 13.2 Å². The molecule has 1 N–H and O–H groups in total. The summed E-state index contributed by atoms with van der Waals surface area (Å²) in [7, 11) is 1.38. The van der Waals surface area contributed by atoms with Crippen molar-refractivity contribution in [3.05, 3.63) is 48.0 Å². The Morgan fingerprint density at radius 1 is 1.06 bits per heavy atom. The Kier molecular flexibility index (Phi) is 8.53. The van der Waals surface area contributed by atoms with Crippen molar-refractivity contribution in [1.82, 2.24) is 9.21 Å². The largest absolute Gasteiger partial charge is 0.493 e. The quantitative estimate of drug-likeness (QED) is 0.576. The zero-order valence-electron chi connectivity index (χ0n) is 20.3. The highest BCUT2D eigenvalue weighted by atomic mass is 32.2. The van der Waals surface area contributed by atoms with Gasteiger partial charge in [-0.05, 0) is 62.9 Å². The van der Waals surface area contributed by atoms with Gasteiger partial charge in [0.25, 0.3) is 0 Å². The van der Waals surface area contributed by atoms with Crippen LogP contribution < -0.4 is 14.8 Å². The highest BCUT2D eigenvalue weighted by molar-refractivity contribution is 7.89. The minimum absolute atomic E-state index is 0.159. The molecule has 2 aromatic carbocycles. The Bertz CT molecular complexity index is 1080. The van der Waals surface area contributed by atoms with E-state index in [0.717, 1.165) is 5.56 Å². The topological polar surface area (TPSA) is 97.4 Å². The summed E-state index contributed by atoms with van der Waals surface area (Å²) in [6.07, 6.45) is -0.318. The van der Waals surface area contributed by atoms with E-state index in [1.54, 1.807) is 26.4 Å². The fourth-order valence-corrected chi connectivity index (χ4v) is 5.57. The maximum atomic E-state index is 13.0. The predicted octanol–water partition coefficient (Wildman–Crippen LogP) is 2.57. The third-order valence-corrected chi connectivity index (χ3v) is 7.32. The molecule has 9 nitrogen and oxygen atoms in total. The van der Waals surface area contributed by atoms with Gasteiger partial charge < -0.3 is 19.5 Å². The van der Waals surface area contributed by atoms with Crippen LogP contribution in [0.1, 0.15) is 19.4 Å². The molecule has 2 aromatic rings. The van der Waals surface area contributed by atoms with Gasteiger partial charge in [0.2, 0.25) is 15.9 Å². The highest BCUT2D eigenvalue weighted by Crippen LogP contribution is 2.28. The molecule has 1 heterocycles. The Labute approximate surface area is 201 Å². The number of likely N-dealkylation sites (N-methyl/N-ethyl adjacent to an activating group) is 1. The smallest absolute Gasteiger partial charge is 0.243 e. The molecule has 2 unspecified atom stereocenters. The van der Waals surface area contributed by atoms with Crippen molar-refractivity contribution in [3.8, 4) is 11.5 Å². The average molecular weight is 492 g/mol. The maximum absolute atomic E-state index is 13.0. The third-order valence-electron chi connectivity index (χ3n) is 5.48. The van der Waals surface area contributed by atoms with Gasteiger partial charge in [0.1, 0.15) is 0 Å². The van der Waals surface area contributed by atoms with Crippen LogP contribution in [0.3, 0.4) is 0 Å². The molecule has 1 aliphatic rings. The first-order valence-corrected chi connectivity index (χ1v) is 12.5. The number of ether oxygens (including phenoxy) is 3. The first-order valence-electron chi connectivity index (χ1n) is 11.1. The van der Waals surface area contributed by atoms with Crippen molar-refractivity contribution in [1.29, 1.82) is 0 Å². The van der Waals surface area contributed by atoms with Crippen molar-refractivity contribution < 1.29 is 27.4 Å². The lowest BCUT2D eigenvalue weighted by atomic mass is 10.2. The van der Waals surface area contributed by atoms with Crippen molar-refractivity contribution in [3.63, 3.8) is 0 Å². The fraction of sp³-hybridized carbons (Fsp3) is 0.458. The highest BCUT2D eigenvalue weighted by Gasteiger charge is 2.32. The number of morpholine rings is 1. The molecule has 1 amide bonds. The number of hydrogen-bond donors (Lipinski definition) is 1. The molecule has 3 rings (SSSR count). The van der Waals surface area contributed by atoms with Crippen molar-refractivity contribution in [2.75, 3.05) is 46.2 Å². The molecule has 0 aliphatic carbocycles. The fourth-order valence-electron chi connectivity index (χ4n) is 3.98. The molecule has 2 atom stereocenters. The number of carbonyl (C=O) groups is 1. The Hall–Kier alpha value is -2.66. The summed E-state index contributed by atoms with van der Waals surface area (Å²) in [5.41, 5.74) is 1.52. The van der Waals surface area contributed by atoms with E-state index in [0.29, 0.717) is 36.8 Å². The SMILES string of the molecule is COc1ccc(CN(C)CC(=O)Nc2ccc(S(=O)(=O)N3CC(C)OC(C)C3)cc2)cc1OC. The summed E-state index contributed by atoms with van der Waals surface area (Å²) in [4.78, 5) is 14.6. The molecule has 1 aliphatic heterocycles. The maximum Gasteiger partial charge on any atom is 0.243 e. The number of anilines is 1. The standard InChI is InChI=1S/C24H33N3O6S/c1-17-13-27(14-18(2)33-17)34(29,30)21-9-7-20(8-10-21)25-24(28)16-26(3)15-19-6-11-22(31-4)23(12-19)32-5/h6-12,17-18H,13-16H2,1-5H3,(H,25,28). The molecule has 10 heteroatoms. The molecule has 1 fully saturated rings. The Morgan fingerprint density at radius 2 is 1.68 bits per heavy atom. The summed E-state index contributed by atoms with van der Waals surface area (Å²) < 4.78 is 43.6. The Balaban J connectivity index is 1.57. The van der Waals surface area contributed by atoms with Gasteiger partial charge in [-0.1, -0.05) is 6.07 Å². The van der Waals surface area contributed by atoms with Crippen LogP contribution in [0, 0.1) is 0 Å². The van der Waals surface area contributed by atoms with Crippen LogP contribution in [0.5, 0.6) is 11.5 Å². The number of nitrogens with one attached hydrogen (secondary N) is 1. The second-order valence-electron chi connectivity index (χ2n) is 8.51. The minimum Gasteiger partial charge on any atom is -0.493 e. The average Bonchev–Trinajstić information content (AvgIpc) is 2.78. The van der Waals surface area contributed by atoms with Gasteiger partial charge >= 0.3 is 0 Å². The van der Waals surface area contributed by atoms with E-state index in [1.807, 2.05) is 44.0 Å². The number of rotatable bonds is 9. The molecule has 0 aromatic heterocycles. The predicted molar refractivity (Wildman–Crippen MR) is 130 cm³/mol. The van der Waals surface area contributed by atoms with Gasteiger partial charge in [-0.15, -0.1) is 0 Å². The molecular weight excluding hydrogens is 458 g/mol. The van der Waals surface area contributed by atoms with E-state index in [2.05, 4.69) is 5.32 Å². The van der Waals surface area contributed by atoms with Gasteiger partial charge in [0.15, 0.2) is 11.5 Å².